The molecule has 1 aromatic rings. The molecule has 1 rings (SSSR count). The quantitative estimate of drug-likeness (QED) is 0.755. The Hall–Kier alpha value is -1.51. The lowest BCUT2D eigenvalue weighted by Crippen LogP contribution is -2.38. The van der Waals surface area contributed by atoms with Crippen molar-refractivity contribution in [3.8, 4) is 0 Å². The number of rotatable bonds is 1. The molecule has 0 heterocycles. The first-order valence-corrected chi connectivity index (χ1v) is 5.02. The van der Waals surface area contributed by atoms with Crippen LogP contribution in [0.2, 0.25) is 0 Å². The van der Waals surface area contributed by atoms with Gasteiger partial charge in [0.1, 0.15) is 0 Å². The second-order valence-corrected chi connectivity index (χ2v) is 3.65. The lowest BCUT2D eigenvalue weighted by molar-refractivity contribution is 0.215. The molecule has 3 nitrogen and oxygen atoms in total. The van der Waals surface area contributed by atoms with E-state index in [0.717, 1.165) is 0 Å². The summed E-state index contributed by atoms with van der Waals surface area (Å²) in [7, 11) is 3.44. The van der Waals surface area contributed by atoms with E-state index in [2.05, 4.69) is 5.32 Å². The van der Waals surface area contributed by atoms with Crippen LogP contribution in [0.5, 0.6) is 0 Å². The molecule has 0 aromatic heterocycles. The zero-order valence-electron chi connectivity index (χ0n) is 9.90. The Morgan fingerprint density at radius 3 is 1.47 bits per heavy atom. The monoisotopic (exact) mass is 208 g/mol. The largest absolute Gasteiger partial charge is 0.336 e. The minimum Gasteiger partial charge on any atom is -0.336 e. The number of carbonyl (C=O) groups is 1. The van der Waals surface area contributed by atoms with Gasteiger partial charge in [-0.1, -0.05) is 36.4 Å². The molecule has 0 aliphatic heterocycles. The Kier molecular flexibility index (Phi) is 7.06. The lowest BCUT2D eigenvalue weighted by atomic mass is 10.4. The fourth-order valence-corrected chi connectivity index (χ4v) is 0.761. The third kappa shape index (κ3) is 8.81. The summed E-state index contributed by atoms with van der Waals surface area (Å²) in [6, 6.07) is 12.2. The number of amides is 2. The molecule has 0 radical (unpaired) electrons. The van der Waals surface area contributed by atoms with E-state index in [1.165, 1.54) is 4.90 Å². The first-order chi connectivity index (χ1) is 7.04. The van der Waals surface area contributed by atoms with Crippen molar-refractivity contribution in [3.63, 3.8) is 0 Å². The summed E-state index contributed by atoms with van der Waals surface area (Å²) in [5.41, 5.74) is 0. The van der Waals surface area contributed by atoms with Crippen molar-refractivity contribution in [2.75, 3.05) is 14.1 Å². The van der Waals surface area contributed by atoms with E-state index in [1.54, 1.807) is 14.1 Å². The van der Waals surface area contributed by atoms with E-state index >= 15 is 0 Å². The normalized spacial score (nSPS) is 8.87. The van der Waals surface area contributed by atoms with Crippen molar-refractivity contribution in [2.45, 2.75) is 19.9 Å². The van der Waals surface area contributed by atoms with Gasteiger partial charge in [-0.2, -0.15) is 0 Å². The third-order valence-electron chi connectivity index (χ3n) is 1.48. The molecular weight excluding hydrogens is 188 g/mol. The van der Waals surface area contributed by atoms with Gasteiger partial charge in [-0.25, -0.2) is 4.79 Å². The predicted octanol–water partition coefficient (Wildman–Crippen LogP) is 2.35. The molecule has 0 saturated carbocycles. The van der Waals surface area contributed by atoms with Crippen molar-refractivity contribution in [1.82, 2.24) is 10.2 Å². The Balaban J connectivity index is 0.000000280. The smallest absolute Gasteiger partial charge is 0.317 e. The maximum atomic E-state index is 10.8. The van der Waals surface area contributed by atoms with E-state index in [-0.39, 0.29) is 12.1 Å². The maximum Gasteiger partial charge on any atom is 0.317 e. The van der Waals surface area contributed by atoms with Crippen molar-refractivity contribution in [2.24, 2.45) is 0 Å². The summed E-state index contributed by atoms with van der Waals surface area (Å²) in [6.07, 6.45) is 0. The molecule has 84 valence electrons. The molecule has 0 aliphatic rings. The molecule has 0 spiro atoms. The molecule has 0 fully saturated rings. The van der Waals surface area contributed by atoms with E-state index in [1.807, 2.05) is 50.2 Å². The summed E-state index contributed by atoms with van der Waals surface area (Å²) >= 11 is 0. The fourth-order valence-electron chi connectivity index (χ4n) is 0.761. The highest BCUT2D eigenvalue weighted by molar-refractivity contribution is 5.73. The van der Waals surface area contributed by atoms with Crippen molar-refractivity contribution < 1.29 is 4.79 Å². The first kappa shape index (κ1) is 13.5. The van der Waals surface area contributed by atoms with E-state index in [0.29, 0.717) is 0 Å². The zero-order chi connectivity index (χ0) is 11.7. The number of urea groups is 1. The van der Waals surface area contributed by atoms with Gasteiger partial charge in [0, 0.05) is 20.1 Å². The number of hydrogen-bond donors (Lipinski definition) is 1. The average Bonchev–Trinajstić information content (AvgIpc) is 2.20. The van der Waals surface area contributed by atoms with E-state index < -0.39 is 0 Å². The van der Waals surface area contributed by atoms with Gasteiger partial charge in [0.2, 0.25) is 0 Å². The molecule has 0 aliphatic carbocycles. The highest BCUT2D eigenvalue weighted by Gasteiger charge is 2.02. The van der Waals surface area contributed by atoms with Crippen molar-refractivity contribution in [1.29, 1.82) is 0 Å². The van der Waals surface area contributed by atoms with Crippen LogP contribution in [0.3, 0.4) is 0 Å². The average molecular weight is 208 g/mol. The fraction of sp³-hybridized carbons (Fsp3) is 0.417. The van der Waals surface area contributed by atoms with Crippen LogP contribution in [0.4, 0.5) is 4.79 Å². The summed E-state index contributed by atoms with van der Waals surface area (Å²) in [5, 5.41) is 2.73. The number of benzene rings is 1. The standard InChI is InChI=1S/C6H14N2O.C6H6/c1-5(2)7-6(9)8(3)4;1-2-4-6-5-3-1/h5H,1-4H3,(H,7,9);1-6H. The second-order valence-electron chi connectivity index (χ2n) is 3.65. The molecule has 15 heavy (non-hydrogen) atoms. The Bertz CT molecular complexity index is 231. The van der Waals surface area contributed by atoms with Gasteiger partial charge < -0.3 is 10.2 Å². The van der Waals surface area contributed by atoms with Crippen LogP contribution in [-0.4, -0.2) is 31.1 Å². The van der Waals surface area contributed by atoms with Crippen LogP contribution in [0.25, 0.3) is 0 Å². The summed E-state index contributed by atoms with van der Waals surface area (Å²) in [6.45, 7) is 3.86. The summed E-state index contributed by atoms with van der Waals surface area (Å²) in [4.78, 5) is 12.3. The first-order valence-electron chi connectivity index (χ1n) is 5.02. The molecule has 3 heteroatoms. The molecule has 0 bridgehead atoms. The van der Waals surface area contributed by atoms with Crippen LogP contribution < -0.4 is 5.32 Å². The molecule has 1 aromatic carbocycles. The number of carbonyl (C=O) groups excluding carboxylic acids is 1. The van der Waals surface area contributed by atoms with Gasteiger partial charge in [0.25, 0.3) is 0 Å². The predicted molar refractivity (Wildman–Crippen MR) is 63.8 cm³/mol. The summed E-state index contributed by atoms with van der Waals surface area (Å²) in [5.74, 6) is 0. The van der Waals surface area contributed by atoms with Gasteiger partial charge in [-0.15, -0.1) is 0 Å². The number of nitrogens with one attached hydrogen (secondary N) is 1. The van der Waals surface area contributed by atoms with Gasteiger partial charge in [0.05, 0.1) is 0 Å². The van der Waals surface area contributed by atoms with E-state index in [9.17, 15) is 4.79 Å². The highest BCUT2D eigenvalue weighted by Crippen LogP contribution is 1.81. The molecule has 0 unspecified atom stereocenters. The zero-order valence-corrected chi connectivity index (χ0v) is 9.90. The van der Waals surface area contributed by atoms with Crippen LogP contribution >= 0.6 is 0 Å². The molecule has 2 amide bonds. The van der Waals surface area contributed by atoms with E-state index in [4.69, 9.17) is 0 Å². The van der Waals surface area contributed by atoms with Crippen LogP contribution in [-0.2, 0) is 0 Å². The van der Waals surface area contributed by atoms with Crippen LogP contribution in [0.1, 0.15) is 13.8 Å². The van der Waals surface area contributed by atoms with Gasteiger partial charge >= 0.3 is 6.03 Å². The molecule has 1 N–H and O–H groups in total. The third-order valence-corrected chi connectivity index (χ3v) is 1.48. The highest BCUT2D eigenvalue weighted by atomic mass is 16.2. The minimum absolute atomic E-state index is 0.0370. The van der Waals surface area contributed by atoms with Gasteiger partial charge in [0.15, 0.2) is 0 Å². The SMILES string of the molecule is CC(C)NC(=O)N(C)C.c1ccccc1. The van der Waals surface area contributed by atoms with Gasteiger partial charge in [-0.05, 0) is 13.8 Å². The Morgan fingerprint density at radius 1 is 1.00 bits per heavy atom. The molecular formula is C12H20N2O. The maximum absolute atomic E-state index is 10.8. The Labute approximate surface area is 92.1 Å². The summed E-state index contributed by atoms with van der Waals surface area (Å²) < 4.78 is 0. The molecule has 0 atom stereocenters. The molecule has 0 saturated heterocycles. The topological polar surface area (TPSA) is 32.3 Å². The van der Waals surface area contributed by atoms with Crippen LogP contribution in [0.15, 0.2) is 36.4 Å². The van der Waals surface area contributed by atoms with Crippen molar-refractivity contribution in [3.05, 3.63) is 36.4 Å². The second kappa shape index (κ2) is 7.85. The van der Waals surface area contributed by atoms with Gasteiger partial charge in [-0.3, -0.25) is 0 Å². The number of nitrogens with zero attached hydrogens (tertiary/aromatic N) is 1. The Morgan fingerprint density at radius 2 is 1.33 bits per heavy atom. The number of hydrogen-bond acceptors (Lipinski definition) is 1. The lowest BCUT2D eigenvalue weighted by Gasteiger charge is -2.13. The minimum atomic E-state index is -0.0370. The van der Waals surface area contributed by atoms with Crippen molar-refractivity contribution >= 4 is 6.03 Å². The van der Waals surface area contributed by atoms with Crippen LogP contribution in [0, 0.1) is 0 Å².